The molecule has 0 saturated heterocycles. The van der Waals surface area contributed by atoms with Gasteiger partial charge in [0.15, 0.2) is 0 Å². The van der Waals surface area contributed by atoms with Crippen molar-refractivity contribution in [3.8, 4) is 0 Å². The van der Waals surface area contributed by atoms with Crippen LogP contribution < -0.4 is 5.73 Å². The second-order valence-corrected chi connectivity index (χ2v) is 2.15. The SMILES string of the molecule is C=C(C)COCCCN. The lowest BCUT2D eigenvalue weighted by molar-refractivity contribution is 0.155. The van der Waals surface area contributed by atoms with E-state index in [0.29, 0.717) is 13.2 Å². The first kappa shape index (κ1) is 8.66. The summed E-state index contributed by atoms with van der Waals surface area (Å²) in [5.41, 5.74) is 6.31. The summed E-state index contributed by atoms with van der Waals surface area (Å²) in [6.45, 7) is 7.77. The Kier molecular flexibility index (Phi) is 5.57. The summed E-state index contributed by atoms with van der Waals surface area (Å²) >= 11 is 0. The topological polar surface area (TPSA) is 35.2 Å². The summed E-state index contributed by atoms with van der Waals surface area (Å²) in [7, 11) is 0. The van der Waals surface area contributed by atoms with Gasteiger partial charge in [-0.25, -0.2) is 0 Å². The van der Waals surface area contributed by atoms with E-state index < -0.39 is 0 Å². The van der Waals surface area contributed by atoms with Gasteiger partial charge in [-0.15, -0.1) is 0 Å². The van der Waals surface area contributed by atoms with E-state index >= 15 is 0 Å². The molecule has 0 fully saturated rings. The van der Waals surface area contributed by atoms with Gasteiger partial charge < -0.3 is 10.5 Å². The van der Waals surface area contributed by atoms with E-state index in [1.54, 1.807) is 0 Å². The van der Waals surface area contributed by atoms with Crippen LogP contribution in [0.5, 0.6) is 0 Å². The molecule has 0 aliphatic rings. The number of rotatable bonds is 5. The first-order chi connectivity index (χ1) is 4.27. The van der Waals surface area contributed by atoms with Gasteiger partial charge in [0.2, 0.25) is 0 Å². The summed E-state index contributed by atoms with van der Waals surface area (Å²) in [6, 6.07) is 0. The Morgan fingerprint density at radius 1 is 1.67 bits per heavy atom. The van der Waals surface area contributed by atoms with Gasteiger partial charge in [-0.05, 0) is 19.9 Å². The van der Waals surface area contributed by atoms with Crippen molar-refractivity contribution < 1.29 is 4.74 Å². The van der Waals surface area contributed by atoms with Gasteiger partial charge in [-0.1, -0.05) is 12.2 Å². The molecule has 0 amide bonds. The molecule has 0 unspecified atom stereocenters. The van der Waals surface area contributed by atoms with E-state index in [2.05, 4.69) is 6.58 Å². The van der Waals surface area contributed by atoms with Crippen molar-refractivity contribution in [1.82, 2.24) is 0 Å². The smallest absolute Gasteiger partial charge is 0.0671 e. The zero-order valence-corrected chi connectivity index (χ0v) is 6.02. The predicted molar refractivity (Wildman–Crippen MR) is 39.3 cm³/mol. The molecule has 2 nitrogen and oxygen atoms in total. The Morgan fingerprint density at radius 2 is 2.33 bits per heavy atom. The summed E-state index contributed by atoms with van der Waals surface area (Å²) in [5, 5.41) is 0. The summed E-state index contributed by atoms with van der Waals surface area (Å²) in [5.74, 6) is 0. The fourth-order valence-electron chi connectivity index (χ4n) is 0.432. The summed E-state index contributed by atoms with van der Waals surface area (Å²) in [4.78, 5) is 0. The van der Waals surface area contributed by atoms with Crippen LogP contribution in [-0.2, 0) is 4.74 Å². The van der Waals surface area contributed by atoms with Gasteiger partial charge in [-0.2, -0.15) is 0 Å². The van der Waals surface area contributed by atoms with Crippen molar-refractivity contribution in [1.29, 1.82) is 0 Å². The van der Waals surface area contributed by atoms with Crippen LogP contribution in [0.3, 0.4) is 0 Å². The average Bonchev–Trinajstić information content (AvgIpc) is 1.80. The van der Waals surface area contributed by atoms with Crippen LogP contribution in [0.2, 0.25) is 0 Å². The second kappa shape index (κ2) is 5.79. The van der Waals surface area contributed by atoms with Gasteiger partial charge in [-0.3, -0.25) is 0 Å². The van der Waals surface area contributed by atoms with Crippen LogP contribution in [0.15, 0.2) is 12.2 Å². The van der Waals surface area contributed by atoms with Gasteiger partial charge in [0.1, 0.15) is 0 Å². The van der Waals surface area contributed by atoms with Gasteiger partial charge in [0.25, 0.3) is 0 Å². The third-order valence-electron chi connectivity index (χ3n) is 0.841. The molecule has 0 aromatic carbocycles. The zero-order chi connectivity index (χ0) is 7.11. The molecule has 0 bridgehead atoms. The molecule has 0 rings (SSSR count). The minimum Gasteiger partial charge on any atom is -0.377 e. The van der Waals surface area contributed by atoms with Crippen molar-refractivity contribution in [2.45, 2.75) is 13.3 Å². The highest BCUT2D eigenvalue weighted by Crippen LogP contribution is 1.88. The van der Waals surface area contributed by atoms with Crippen molar-refractivity contribution >= 4 is 0 Å². The molecule has 9 heavy (non-hydrogen) atoms. The van der Waals surface area contributed by atoms with Crippen molar-refractivity contribution in [2.75, 3.05) is 19.8 Å². The number of nitrogens with two attached hydrogens (primary N) is 1. The second-order valence-electron chi connectivity index (χ2n) is 2.15. The quantitative estimate of drug-likeness (QED) is 0.442. The lowest BCUT2D eigenvalue weighted by Crippen LogP contribution is -2.05. The molecule has 0 aromatic heterocycles. The molecule has 0 saturated carbocycles. The Balaban J connectivity index is 2.83. The molecule has 0 spiro atoms. The number of hydrogen-bond donors (Lipinski definition) is 1. The normalized spacial score (nSPS) is 9.56. The van der Waals surface area contributed by atoms with Crippen molar-refractivity contribution in [2.24, 2.45) is 5.73 Å². The fourth-order valence-corrected chi connectivity index (χ4v) is 0.432. The predicted octanol–water partition coefficient (Wildman–Crippen LogP) is 0.928. The Morgan fingerprint density at radius 3 is 2.78 bits per heavy atom. The monoisotopic (exact) mass is 129 g/mol. The molecule has 0 aromatic rings. The molecule has 54 valence electrons. The van der Waals surface area contributed by atoms with E-state index in [1.165, 1.54) is 0 Å². The number of hydrogen-bond acceptors (Lipinski definition) is 2. The molecule has 2 N–H and O–H groups in total. The third-order valence-corrected chi connectivity index (χ3v) is 0.841. The maximum absolute atomic E-state index is 5.24. The van der Waals surface area contributed by atoms with Crippen LogP contribution in [0.4, 0.5) is 0 Å². The third kappa shape index (κ3) is 7.66. The minimum atomic E-state index is 0.667. The average molecular weight is 129 g/mol. The maximum Gasteiger partial charge on any atom is 0.0671 e. The lowest BCUT2D eigenvalue weighted by atomic mass is 10.4. The first-order valence-electron chi connectivity index (χ1n) is 3.19. The van der Waals surface area contributed by atoms with Crippen LogP contribution in [-0.4, -0.2) is 19.8 Å². The molecular formula is C7H15NO. The van der Waals surface area contributed by atoms with Crippen LogP contribution in [0.1, 0.15) is 13.3 Å². The largest absolute Gasteiger partial charge is 0.377 e. The summed E-state index contributed by atoms with van der Waals surface area (Å²) in [6.07, 6.45) is 0.938. The van der Waals surface area contributed by atoms with E-state index in [0.717, 1.165) is 18.6 Å². The highest BCUT2D eigenvalue weighted by molar-refractivity contribution is 4.87. The van der Waals surface area contributed by atoms with Gasteiger partial charge in [0.05, 0.1) is 6.61 Å². The summed E-state index contributed by atoms with van der Waals surface area (Å²) < 4.78 is 5.16. The zero-order valence-electron chi connectivity index (χ0n) is 6.02. The Labute approximate surface area is 56.7 Å². The minimum absolute atomic E-state index is 0.667. The molecule has 2 heteroatoms. The van der Waals surface area contributed by atoms with Crippen LogP contribution in [0.25, 0.3) is 0 Å². The highest BCUT2D eigenvalue weighted by atomic mass is 16.5. The van der Waals surface area contributed by atoms with Crippen molar-refractivity contribution in [3.63, 3.8) is 0 Å². The van der Waals surface area contributed by atoms with Crippen molar-refractivity contribution in [3.05, 3.63) is 12.2 Å². The standard InChI is InChI=1S/C7H15NO/c1-7(2)6-9-5-3-4-8/h1,3-6,8H2,2H3. The molecule has 0 aliphatic heterocycles. The first-order valence-corrected chi connectivity index (χ1v) is 3.19. The number of ether oxygens (including phenoxy) is 1. The Bertz CT molecular complexity index is 81.0. The van der Waals surface area contributed by atoms with Gasteiger partial charge in [0, 0.05) is 6.61 Å². The fraction of sp³-hybridized carbons (Fsp3) is 0.714. The van der Waals surface area contributed by atoms with Gasteiger partial charge >= 0.3 is 0 Å². The van der Waals surface area contributed by atoms with Crippen LogP contribution in [0, 0.1) is 0 Å². The molecular weight excluding hydrogens is 114 g/mol. The van der Waals surface area contributed by atoms with Crippen LogP contribution >= 0.6 is 0 Å². The molecule has 0 atom stereocenters. The Hall–Kier alpha value is -0.340. The van der Waals surface area contributed by atoms with E-state index in [1.807, 2.05) is 6.92 Å². The van der Waals surface area contributed by atoms with E-state index in [4.69, 9.17) is 10.5 Å². The van der Waals surface area contributed by atoms with E-state index in [9.17, 15) is 0 Å². The molecule has 0 heterocycles. The van der Waals surface area contributed by atoms with E-state index in [-0.39, 0.29) is 0 Å². The molecule has 0 aliphatic carbocycles. The lowest BCUT2D eigenvalue weighted by Gasteiger charge is -2.00. The molecule has 0 radical (unpaired) electrons. The highest BCUT2D eigenvalue weighted by Gasteiger charge is 1.85. The maximum atomic E-state index is 5.24.